The molecule has 21 heavy (non-hydrogen) atoms. The van der Waals surface area contributed by atoms with Gasteiger partial charge in [0, 0.05) is 32.8 Å². The third-order valence-electron chi connectivity index (χ3n) is 3.85. The van der Waals surface area contributed by atoms with Crippen LogP contribution in [0.5, 0.6) is 0 Å². The van der Waals surface area contributed by atoms with Gasteiger partial charge in [0.2, 0.25) is 0 Å². The fourth-order valence-corrected chi connectivity index (χ4v) is 2.42. The van der Waals surface area contributed by atoms with Crippen LogP contribution in [0.15, 0.2) is 36.9 Å². The Labute approximate surface area is 129 Å². The largest absolute Gasteiger partial charge is 0.383 e. The van der Waals surface area contributed by atoms with Crippen molar-refractivity contribution in [2.75, 3.05) is 33.4 Å². The average Bonchev–Trinajstić information content (AvgIpc) is 3.31. The van der Waals surface area contributed by atoms with Crippen LogP contribution in [0.4, 0.5) is 0 Å². The molecule has 0 aliphatic heterocycles. The molecule has 0 spiro atoms. The quantitative estimate of drug-likeness (QED) is 0.634. The van der Waals surface area contributed by atoms with Crippen molar-refractivity contribution < 1.29 is 4.74 Å². The summed E-state index contributed by atoms with van der Waals surface area (Å²) in [6.45, 7) is 8.48. The van der Waals surface area contributed by atoms with E-state index >= 15 is 0 Å². The van der Waals surface area contributed by atoms with E-state index in [1.165, 1.54) is 24.0 Å². The van der Waals surface area contributed by atoms with Crippen LogP contribution in [0.25, 0.3) is 0 Å². The summed E-state index contributed by atoms with van der Waals surface area (Å²) in [5.41, 5.74) is 2.77. The lowest BCUT2D eigenvalue weighted by atomic mass is 10.1. The molecule has 1 fully saturated rings. The number of nitrogens with zero attached hydrogens (tertiary/aromatic N) is 1. The van der Waals surface area contributed by atoms with Gasteiger partial charge in [-0.2, -0.15) is 0 Å². The molecule has 0 amide bonds. The second kappa shape index (κ2) is 8.98. The van der Waals surface area contributed by atoms with Crippen molar-refractivity contribution in [1.29, 1.82) is 0 Å². The minimum Gasteiger partial charge on any atom is -0.383 e. The highest BCUT2D eigenvalue weighted by molar-refractivity contribution is 5.23. The highest BCUT2D eigenvalue weighted by atomic mass is 16.5. The van der Waals surface area contributed by atoms with Crippen LogP contribution < -0.4 is 5.32 Å². The molecule has 3 nitrogen and oxygen atoms in total. The molecular formula is C18H28N2O. The second-order valence-corrected chi connectivity index (χ2v) is 5.81. The molecule has 0 unspecified atom stereocenters. The van der Waals surface area contributed by atoms with Crippen molar-refractivity contribution in [2.45, 2.75) is 31.8 Å². The van der Waals surface area contributed by atoms with E-state index in [0.29, 0.717) is 0 Å². The van der Waals surface area contributed by atoms with E-state index in [9.17, 15) is 0 Å². The Balaban J connectivity index is 1.77. The molecule has 0 heterocycles. The molecule has 1 N–H and O–H groups in total. The number of hydrogen-bond acceptors (Lipinski definition) is 3. The van der Waals surface area contributed by atoms with Crippen LogP contribution in [0.3, 0.4) is 0 Å². The molecule has 3 heteroatoms. The van der Waals surface area contributed by atoms with Crippen molar-refractivity contribution in [3.63, 3.8) is 0 Å². The molecule has 0 bridgehead atoms. The fourth-order valence-electron chi connectivity index (χ4n) is 2.42. The smallest absolute Gasteiger partial charge is 0.0589 e. The Kier molecular flexibility index (Phi) is 6.93. The van der Waals surface area contributed by atoms with Gasteiger partial charge in [-0.15, -0.1) is 6.58 Å². The highest BCUT2D eigenvalue weighted by Crippen LogP contribution is 2.18. The average molecular weight is 288 g/mol. The van der Waals surface area contributed by atoms with Crippen LogP contribution in [-0.4, -0.2) is 44.3 Å². The maximum absolute atomic E-state index is 5.16. The predicted molar refractivity (Wildman–Crippen MR) is 88.5 cm³/mol. The molecule has 1 aliphatic carbocycles. The molecular weight excluding hydrogens is 260 g/mol. The summed E-state index contributed by atoms with van der Waals surface area (Å²) in [5, 5.41) is 3.56. The summed E-state index contributed by atoms with van der Waals surface area (Å²) < 4.78 is 5.16. The highest BCUT2D eigenvalue weighted by Gasteiger charge is 2.19. The van der Waals surface area contributed by atoms with Gasteiger partial charge in [0.15, 0.2) is 0 Å². The molecule has 0 radical (unpaired) electrons. The van der Waals surface area contributed by atoms with Gasteiger partial charge in [-0.1, -0.05) is 30.3 Å². The van der Waals surface area contributed by atoms with Crippen molar-refractivity contribution in [3.8, 4) is 0 Å². The first-order chi connectivity index (χ1) is 10.3. The zero-order chi connectivity index (χ0) is 14.9. The van der Waals surface area contributed by atoms with Gasteiger partial charge in [0.25, 0.3) is 0 Å². The van der Waals surface area contributed by atoms with Crippen molar-refractivity contribution in [3.05, 3.63) is 48.0 Å². The zero-order valence-electron chi connectivity index (χ0n) is 13.2. The molecule has 1 saturated carbocycles. The SMILES string of the molecule is C=CCN(CCOC)Cc1ccc(CCNC2CC2)cc1. The zero-order valence-corrected chi connectivity index (χ0v) is 13.2. The van der Waals surface area contributed by atoms with Crippen LogP contribution >= 0.6 is 0 Å². The minimum absolute atomic E-state index is 0.763. The summed E-state index contributed by atoms with van der Waals surface area (Å²) in [6.07, 6.45) is 5.80. The van der Waals surface area contributed by atoms with Gasteiger partial charge >= 0.3 is 0 Å². The third kappa shape index (κ3) is 6.42. The van der Waals surface area contributed by atoms with Gasteiger partial charge in [0.1, 0.15) is 0 Å². The summed E-state index contributed by atoms with van der Waals surface area (Å²) in [6, 6.07) is 9.81. The van der Waals surface area contributed by atoms with E-state index in [0.717, 1.165) is 45.2 Å². The Morgan fingerprint density at radius 1 is 1.29 bits per heavy atom. The summed E-state index contributed by atoms with van der Waals surface area (Å²) in [7, 11) is 1.75. The Hall–Kier alpha value is -1.16. The lowest BCUT2D eigenvalue weighted by Crippen LogP contribution is -2.27. The molecule has 0 atom stereocenters. The molecule has 116 valence electrons. The molecule has 1 aromatic carbocycles. The maximum atomic E-state index is 5.16. The normalized spacial score (nSPS) is 14.6. The Bertz CT molecular complexity index is 412. The maximum Gasteiger partial charge on any atom is 0.0589 e. The molecule has 1 aliphatic rings. The second-order valence-electron chi connectivity index (χ2n) is 5.81. The Morgan fingerprint density at radius 2 is 2.00 bits per heavy atom. The van der Waals surface area contributed by atoms with E-state index in [-0.39, 0.29) is 0 Å². The monoisotopic (exact) mass is 288 g/mol. The number of rotatable bonds is 11. The molecule has 2 rings (SSSR count). The lowest BCUT2D eigenvalue weighted by Gasteiger charge is -2.20. The fraction of sp³-hybridized carbons (Fsp3) is 0.556. The first-order valence-electron chi connectivity index (χ1n) is 7.95. The topological polar surface area (TPSA) is 24.5 Å². The summed E-state index contributed by atoms with van der Waals surface area (Å²) in [5.74, 6) is 0. The number of nitrogens with one attached hydrogen (secondary N) is 1. The lowest BCUT2D eigenvalue weighted by molar-refractivity contribution is 0.151. The van der Waals surface area contributed by atoms with E-state index < -0.39 is 0 Å². The summed E-state index contributed by atoms with van der Waals surface area (Å²) >= 11 is 0. The van der Waals surface area contributed by atoms with Gasteiger partial charge in [-0.3, -0.25) is 4.90 Å². The van der Waals surface area contributed by atoms with E-state index in [1.807, 2.05) is 6.08 Å². The minimum atomic E-state index is 0.763. The predicted octanol–water partition coefficient (Wildman–Crippen LogP) is 2.62. The number of methoxy groups -OCH3 is 1. The number of benzene rings is 1. The van der Waals surface area contributed by atoms with Crippen molar-refractivity contribution in [1.82, 2.24) is 10.2 Å². The van der Waals surface area contributed by atoms with Crippen LogP contribution in [0, 0.1) is 0 Å². The Morgan fingerprint density at radius 3 is 2.62 bits per heavy atom. The van der Waals surface area contributed by atoms with Crippen LogP contribution in [0.1, 0.15) is 24.0 Å². The standard InChI is InChI=1S/C18H28N2O/c1-3-12-20(13-14-21-2)15-17-6-4-16(5-7-17)10-11-19-18-8-9-18/h3-7,18-19H,1,8-15H2,2H3. The molecule has 1 aromatic rings. The van der Waals surface area contributed by atoms with Gasteiger partial charge < -0.3 is 10.1 Å². The first-order valence-corrected chi connectivity index (χ1v) is 7.95. The molecule has 0 aromatic heterocycles. The van der Waals surface area contributed by atoms with E-state index in [4.69, 9.17) is 4.74 Å². The van der Waals surface area contributed by atoms with E-state index in [1.54, 1.807) is 7.11 Å². The van der Waals surface area contributed by atoms with Crippen molar-refractivity contribution in [2.24, 2.45) is 0 Å². The first kappa shape index (κ1) is 16.2. The summed E-state index contributed by atoms with van der Waals surface area (Å²) in [4.78, 5) is 2.35. The van der Waals surface area contributed by atoms with Gasteiger partial charge in [-0.05, 0) is 36.9 Å². The van der Waals surface area contributed by atoms with Crippen LogP contribution in [-0.2, 0) is 17.7 Å². The van der Waals surface area contributed by atoms with Crippen molar-refractivity contribution >= 4 is 0 Å². The van der Waals surface area contributed by atoms with Gasteiger partial charge in [-0.25, -0.2) is 0 Å². The van der Waals surface area contributed by atoms with E-state index in [2.05, 4.69) is 41.1 Å². The van der Waals surface area contributed by atoms with Crippen LogP contribution in [0.2, 0.25) is 0 Å². The third-order valence-corrected chi connectivity index (χ3v) is 3.85. The number of hydrogen-bond donors (Lipinski definition) is 1. The van der Waals surface area contributed by atoms with Gasteiger partial charge in [0.05, 0.1) is 6.61 Å². The molecule has 0 saturated heterocycles. The number of ether oxygens (including phenoxy) is 1.